The fourth-order valence-electron chi connectivity index (χ4n) is 4.95. The number of allylic oxidation sites excluding steroid dienone is 3. The number of nitrogens with one attached hydrogen (secondary N) is 3. The van der Waals surface area contributed by atoms with Gasteiger partial charge in [-0.3, -0.25) is 4.79 Å². The molecule has 1 aromatic heterocycles. The molecule has 2 unspecified atom stereocenters. The summed E-state index contributed by atoms with van der Waals surface area (Å²) in [6.45, 7) is 1.90. The van der Waals surface area contributed by atoms with E-state index in [1.807, 2.05) is 49.4 Å². The van der Waals surface area contributed by atoms with Crippen LogP contribution < -0.4 is 15.6 Å². The lowest BCUT2D eigenvalue weighted by atomic mass is 9.71. The Morgan fingerprint density at radius 2 is 1.71 bits per heavy atom. The van der Waals surface area contributed by atoms with Gasteiger partial charge in [-0.15, -0.1) is 0 Å². The minimum absolute atomic E-state index is 0.0617. The highest BCUT2D eigenvalue weighted by molar-refractivity contribution is 6.30. The van der Waals surface area contributed by atoms with Crippen LogP contribution >= 0.6 is 11.6 Å². The molecule has 1 aliphatic carbocycles. The molecule has 2 aliphatic rings. The summed E-state index contributed by atoms with van der Waals surface area (Å²) in [5.74, 6) is 0.0273. The van der Waals surface area contributed by atoms with Crippen molar-refractivity contribution in [3.8, 4) is 0 Å². The lowest BCUT2D eigenvalue weighted by Gasteiger charge is -2.36. The molecule has 6 heteroatoms. The number of ketones is 1. The minimum Gasteiger partial charge on any atom is -0.362 e. The number of anilines is 1. The summed E-state index contributed by atoms with van der Waals surface area (Å²) in [7, 11) is 0. The van der Waals surface area contributed by atoms with E-state index >= 15 is 0 Å². The zero-order chi connectivity index (χ0) is 23.7. The number of hydrogen-bond acceptors (Lipinski definition) is 3. The van der Waals surface area contributed by atoms with Crippen molar-refractivity contribution in [2.75, 3.05) is 5.32 Å². The van der Waals surface area contributed by atoms with Gasteiger partial charge in [-0.25, -0.2) is 15.1 Å². The van der Waals surface area contributed by atoms with Crippen molar-refractivity contribution in [2.45, 2.75) is 31.6 Å². The first-order valence-electron chi connectivity index (χ1n) is 11.3. The highest BCUT2D eigenvalue weighted by atomic mass is 35.5. The Balaban J connectivity index is 1.56. The summed E-state index contributed by atoms with van der Waals surface area (Å²) in [5, 5.41) is 6.97. The van der Waals surface area contributed by atoms with Gasteiger partial charge >= 0.3 is 5.91 Å². The maximum atomic E-state index is 13.6. The highest BCUT2D eigenvalue weighted by Gasteiger charge is 2.42. The molecule has 0 saturated heterocycles. The van der Waals surface area contributed by atoms with Crippen LogP contribution in [0.4, 0.5) is 5.82 Å². The van der Waals surface area contributed by atoms with E-state index in [0.29, 0.717) is 34.8 Å². The maximum absolute atomic E-state index is 13.6. The van der Waals surface area contributed by atoms with Gasteiger partial charge in [-0.05, 0) is 48.6 Å². The van der Waals surface area contributed by atoms with Crippen molar-refractivity contribution in [3.05, 3.63) is 118 Å². The van der Waals surface area contributed by atoms with E-state index in [4.69, 9.17) is 11.6 Å². The van der Waals surface area contributed by atoms with Gasteiger partial charge in [0.1, 0.15) is 0 Å². The van der Waals surface area contributed by atoms with Gasteiger partial charge < -0.3 is 5.32 Å². The van der Waals surface area contributed by atoms with Crippen LogP contribution in [0.25, 0.3) is 0 Å². The Kier molecular flexibility index (Phi) is 6.03. The molecule has 5 rings (SSSR count). The molecule has 0 spiro atoms. The van der Waals surface area contributed by atoms with Crippen LogP contribution in [0.2, 0.25) is 5.02 Å². The molecule has 170 valence electrons. The standard InChI is InChI=1S/C28H24ClN3O2/c1-17-25(28(34)32-24-9-5-6-14-30-24)26(19-10-12-21(29)13-11-19)27-22(31-17)15-20(16-23(27)33)18-7-3-2-4-8-18/h2-14,20,26,31H,15-16H2,1H3,(H,30,32,34)/p+1. The van der Waals surface area contributed by atoms with Gasteiger partial charge in [0, 0.05) is 40.4 Å². The summed E-state index contributed by atoms with van der Waals surface area (Å²) in [4.78, 5) is 30.2. The van der Waals surface area contributed by atoms with Gasteiger partial charge in [-0.1, -0.05) is 60.1 Å². The molecule has 5 nitrogen and oxygen atoms in total. The second-order valence-electron chi connectivity index (χ2n) is 8.71. The van der Waals surface area contributed by atoms with Crippen LogP contribution in [0.1, 0.15) is 42.7 Å². The van der Waals surface area contributed by atoms with Gasteiger partial charge in [0.05, 0.1) is 11.8 Å². The van der Waals surface area contributed by atoms with Crippen LogP contribution in [0, 0.1) is 0 Å². The number of carbonyl (C=O) groups is 2. The van der Waals surface area contributed by atoms with E-state index in [2.05, 4.69) is 27.8 Å². The van der Waals surface area contributed by atoms with Gasteiger partial charge in [-0.2, -0.15) is 0 Å². The number of rotatable bonds is 4. The molecule has 34 heavy (non-hydrogen) atoms. The first-order valence-corrected chi connectivity index (χ1v) is 11.7. The number of amides is 1. The zero-order valence-electron chi connectivity index (χ0n) is 18.8. The number of aromatic nitrogens is 1. The number of dihydropyridines is 1. The number of pyridine rings is 1. The molecule has 1 aliphatic heterocycles. The Morgan fingerprint density at radius 1 is 0.971 bits per heavy atom. The fraction of sp³-hybridized carbons (Fsp3) is 0.179. The second kappa shape index (κ2) is 9.27. The molecule has 2 aromatic carbocycles. The van der Waals surface area contributed by atoms with Crippen LogP contribution in [-0.2, 0) is 9.59 Å². The minimum atomic E-state index is -0.471. The molecule has 0 bridgehead atoms. The second-order valence-corrected chi connectivity index (χ2v) is 9.15. The Bertz CT molecular complexity index is 1300. The molecule has 0 saturated carbocycles. The lowest BCUT2D eigenvalue weighted by Crippen LogP contribution is -2.37. The van der Waals surface area contributed by atoms with E-state index in [9.17, 15) is 9.59 Å². The number of aromatic amines is 1. The predicted octanol–water partition coefficient (Wildman–Crippen LogP) is 5.15. The summed E-state index contributed by atoms with van der Waals surface area (Å²) >= 11 is 6.15. The number of benzene rings is 2. The molecule has 2 heterocycles. The van der Waals surface area contributed by atoms with Crippen molar-refractivity contribution in [1.29, 1.82) is 0 Å². The first kappa shape index (κ1) is 22.1. The van der Waals surface area contributed by atoms with Crippen molar-refractivity contribution >= 4 is 29.1 Å². The van der Waals surface area contributed by atoms with Crippen molar-refractivity contribution in [2.24, 2.45) is 0 Å². The normalized spacial score (nSPS) is 20.0. The SMILES string of the molecule is CC1=C(C(=O)Nc2cccc[nH+]2)C(c2ccc(Cl)cc2)C2=C(CC(c3ccccc3)CC2=O)N1. The number of H-pyrrole nitrogens is 1. The molecule has 2 atom stereocenters. The van der Waals surface area contributed by atoms with Crippen LogP contribution in [0.3, 0.4) is 0 Å². The molecule has 3 aromatic rings. The quantitative estimate of drug-likeness (QED) is 0.553. The lowest BCUT2D eigenvalue weighted by molar-refractivity contribution is -0.360. The third kappa shape index (κ3) is 4.27. The highest BCUT2D eigenvalue weighted by Crippen LogP contribution is 2.45. The molecule has 1 amide bonds. The average Bonchev–Trinajstić information content (AvgIpc) is 2.84. The number of halogens is 1. The summed E-state index contributed by atoms with van der Waals surface area (Å²) < 4.78 is 0. The number of hydrogen-bond donors (Lipinski definition) is 2. The van der Waals surface area contributed by atoms with Gasteiger partial charge in [0.25, 0.3) is 5.82 Å². The molecule has 0 radical (unpaired) electrons. The van der Waals surface area contributed by atoms with Crippen LogP contribution in [-0.4, -0.2) is 11.7 Å². The van der Waals surface area contributed by atoms with Crippen molar-refractivity contribution in [1.82, 2.24) is 5.32 Å². The number of carbonyl (C=O) groups excluding carboxylic acids is 2. The van der Waals surface area contributed by atoms with Crippen LogP contribution in [0.15, 0.2) is 102 Å². The summed E-state index contributed by atoms with van der Waals surface area (Å²) in [6, 6.07) is 23.0. The Morgan fingerprint density at radius 3 is 2.41 bits per heavy atom. The van der Waals surface area contributed by atoms with E-state index in [1.54, 1.807) is 24.4 Å². The van der Waals surface area contributed by atoms with E-state index in [1.165, 1.54) is 0 Å². The molecular weight excluding hydrogens is 446 g/mol. The van der Waals surface area contributed by atoms with Crippen molar-refractivity contribution < 1.29 is 14.6 Å². The molecular formula is C28H25ClN3O2+. The average molecular weight is 471 g/mol. The van der Waals surface area contributed by atoms with Crippen molar-refractivity contribution in [3.63, 3.8) is 0 Å². The molecule has 0 fully saturated rings. The third-order valence-electron chi connectivity index (χ3n) is 6.50. The fourth-order valence-corrected chi connectivity index (χ4v) is 5.08. The summed E-state index contributed by atoms with van der Waals surface area (Å²) in [5.41, 5.74) is 4.86. The summed E-state index contributed by atoms with van der Waals surface area (Å²) in [6.07, 6.45) is 2.88. The number of Topliss-reactive ketones (excluding diaryl/α,β-unsaturated/α-hetero) is 1. The van der Waals surface area contributed by atoms with E-state index in [0.717, 1.165) is 22.5 Å². The Hall–Kier alpha value is -3.70. The smallest absolute Gasteiger partial charge is 0.337 e. The monoisotopic (exact) mass is 470 g/mol. The molecule has 3 N–H and O–H groups in total. The zero-order valence-corrected chi connectivity index (χ0v) is 19.5. The predicted molar refractivity (Wildman–Crippen MR) is 132 cm³/mol. The maximum Gasteiger partial charge on any atom is 0.337 e. The first-order chi connectivity index (χ1) is 16.5. The largest absolute Gasteiger partial charge is 0.362 e. The van der Waals surface area contributed by atoms with Crippen LogP contribution in [0.5, 0.6) is 0 Å². The van der Waals surface area contributed by atoms with E-state index in [-0.39, 0.29) is 17.6 Å². The Labute approximate surface area is 203 Å². The van der Waals surface area contributed by atoms with E-state index < -0.39 is 5.92 Å². The topological polar surface area (TPSA) is 72.3 Å². The third-order valence-corrected chi connectivity index (χ3v) is 6.76. The van der Waals surface area contributed by atoms with Gasteiger partial charge in [0.2, 0.25) is 0 Å². The van der Waals surface area contributed by atoms with Gasteiger partial charge in [0.15, 0.2) is 5.78 Å².